The van der Waals surface area contributed by atoms with Crippen LogP contribution in [0.3, 0.4) is 0 Å². The first-order chi connectivity index (χ1) is 18.1. The molecule has 2 amide bonds. The molecule has 202 valence electrons. The molecule has 0 bridgehead atoms. The number of carbonyl (C=O) groups is 2. The standard InChI is InChI=1S/C28H32ClN3O5S/c1-5-25(28(34)30-3)31(18-21-11-14-23(37-4)15-12-21)27(33)19-32(26-16-13-22(29)17-20(26)2)38(35,36)24-9-7-6-8-10-24/h6-17,25H,5,18-19H2,1-4H3,(H,30,34)/t25-/m0/s1. The molecule has 0 radical (unpaired) electrons. The number of methoxy groups -OCH3 is 1. The van der Waals surface area contributed by atoms with Crippen molar-refractivity contribution in [2.75, 3.05) is 25.0 Å². The van der Waals surface area contributed by atoms with Crippen molar-refractivity contribution in [3.05, 3.63) is 88.9 Å². The van der Waals surface area contributed by atoms with E-state index in [1.165, 1.54) is 24.1 Å². The van der Waals surface area contributed by atoms with Crippen LogP contribution in [0, 0.1) is 6.92 Å². The Morgan fingerprint density at radius 2 is 1.68 bits per heavy atom. The summed E-state index contributed by atoms with van der Waals surface area (Å²) >= 11 is 6.14. The molecule has 38 heavy (non-hydrogen) atoms. The second kappa shape index (κ2) is 12.8. The van der Waals surface area contributed by atoms with Crippen molar-refractivity contribution >= 4 is 39.1 Å². The number of hydrogen-bond acceptors (Lipinski definition) is 5. The summed E-state index contributed by atoms with van der Waals surface area (Å²) in [6.45, 7) is 3.13. The lowest BCUT2D eigenvalue weighted by Crippen LogP contribution is -2.51. The fourth-order valence-corrected chi connectivity index (χ4v) is 5.87. The van der Waals surface area contributed by atoms with E-state index in [1.807, 2.05) is 0 Å². The number of sulfonamides is 1. The Balaban J connectivity index is 2.07. The van der Waals surface area contributed by atoms with E-state index in [4.69, 9.17) is 16.3 Å². The average Bonchev–Trinajstić information content (AvgIpc) is 2.92. The lowest BCUT2D eigenvalue weighted by molar-refractivity contribution is -0.140. The molecule has 0 saturated carbocycles. The van der Waals surface area contributed by atoms with Gasteiger partial charge in [-0.1, -0.05) is 48.9 Å². The maximum atomic E-state index is 13.9. The lowest BCUT2D eigenvalue weighted by Gasteiger charge is -2.33. The van der Waals surface area contributed by atoms with E-state index in [2.05, 4.69) is 5.32 Å². The molecule has 0 fully saturated rings. The molecule has 0 aliphatic rings. The molecule has 1 atom stereocenters. The van der Waals surface area contributed by atoms with Crippen molar-refractivity contribution in [2.45, 2.75) is 37.8 Å². The molecule has 3 aromatic rings. The zero-order chi connectivity index (χ0) is 27.9. The Morgan fingerprint density at radius 3 is 2.24 bits per heavy atom. The topological polar surface area (TPSA) is 96.0 Å². The van der Waals surface area contributed by atoms with E-state index < -0.39 is 28.5 Å². The molecule has 1 N–H and O–H groups in total. The number of nitrogens with zero attached hydrogens (tertiary/aromatic N) is 2. The fraction of sp³-hybridized carbons (Fsp3) is 0.286. The van der Waals surface area contributed by atoms with E-state index in [1.54, 1.807) is 81.6 Å². The Hall–Kier alpha value is -3.56. The van der Waals surface area contributed by atoms with Crippen LogP contribution in [-0.2, 0) is 26.2 Å². The molecule has 3 aromatic carbocycles. The average molecular weight is 558 g/mol. The normalized spacial score (nSPS) is 11.9. The smallest absolute Gasteiger partial charge is 0.264 e. The molecule has 3 rings (SSSR count). The molecule has 0 spiro atoms. The Kier molecular flexibility index (Phi) is 9.77. The number of nitrogens with one attached hydrogen (secondary N) is 1. The van der Waals surface area contributed by atoms with E-state index in [-0.39, 0.29) is 17.3 Å². The monoisotopic (exact) mass is 557 g/mol. The molecular formula is C28H32ClN3O5S. The number of benzene rings is 3. The number of rotatable bonds is 11. The summed E-state index contributed by atoms with van der Waals surface area (Å²) in [5.41, 5.74) is 1.68. The van der Waals surface area contributed by atoms with Gasteiger partial charge in [-0.05, 0) is 66.9 Å². The van der Waals surface area contributed by atoms with Crippen LogP contribution in [0.5, 0.6) is 5.75 Å². The minimum atomic E-state index is -4.13. The minimum Gasteiger partial charge on any atom is -0.497 e. The van der Waals surface area contributed by atoms with Crippen LogP contribution >= 0.6 is 11.6 Å². The fourth-order valence-electron chi connectivity index (χ4n) is 4.15. The number of ether oxygens (including phenoxy) is 1. The summed E-state index contributed by atoms with van der Waals surface area (Å²) in [4.78, 5) is 28.2. The second-order valence-electron chi connectivity index (χ2n) is 8.66. The van der Waals surface area contributed by atoms with Crippen LogP contribution in [0.1, 0.15) is 24.5 Å². The summed E-state index contributed by atoms with van der Waals surface area (Å²) in [7, 11) is -1.07. The van der Waals surface area contributed by atoms with Crippen molar-refractivity contribution in [2.24, 2.45) is 0 Å². The van der Waals surface area contributed by atoms with Crippen molar-refractivity contribution < 1.29 is 22.7 Å². The number of anilines is 1. The number of amides is 2. The first-order valence-electron chi connectivity index (χ1n) is 12.1. The maximum absolute atomic E-state index is 13.9. The lowest BCUT2D eigenvalue weighted by atomic mass is 10.1. The Morgan fingerprint density at radius 1 is 1.03 bits per heavy atom. The van der Waals surface area contributed by atoms with Crippen molar-refractivity contribution in [1.82, 2.24) is 10.2 Å². The van der Waals surface area contributed by atoms with Crippen molar-refractivity contribution in [3.8, 4) is 5.75 Å². The number of likely N-dealkylation sites (N-methyl/N-ethyl adjacent to an activating group) is 1. The van der Waals surface area contributed by atoms with Crippen LogP contribution in [0.15, 0.2) is 77.7 Å². The Labute approximate surface area is 229 Å². The Bertz CT molecular complexity index is 1360. The largest absolute Gasteiger partial charge is 0.497 e. The molecule has 8 nitrogen and oxygen atoms in total. The van der Waals surface area contributed by atoms with E-state index in [0.717, 1.165) is 9.87 Å². The maximum Gasteiger partial charge on any atom is 0.264 e. The van der Waals surface area contributed by atoms with Gasteiger partial charge in [0.15, 0.2) is 0 Å². The van der Waals surface area contributed by atoms with E-state index >= 15 is 0 Å². The van der Waals surface area contributed by atoms with E-state index in [9.17, 15) is 18.0 Å². The highest BCUT2D eigenvalue weighted by atomic mass is 35.5. The molecule has 0 heterocycles. The van der Waals surface area contributed by atoms with Gasteiger partial charge in [0.25, 0.3) is 10.0 Å². The van der Waals surface area contributed by atoms with Gasteiger partial charge in [0, 0.05) is 18.6 Å². The molecule has 0 saturated heterocycles. The summed E-state index contributed by atoms with van der Waals surface area (Å²) in [5.74, 6) is -0.206. The summed E-state index contributed by atoms with van der Waals surface area (Å²) < 4.78 is 33.9. The number of halogens is 1. The van der Waals surface area contributed by atoms with Gasteiger partial charge in [0.05, 0.1) is 17.7 Å². The van der Waals surface area contributed by atoms with Crippen LogP contribution in [-0.4, -0.2) is 51.9 Å². The molecule has 0 aliphatic heterocycles. The molecule has 0 unspecified atom stereocenters. The second-order valence-corrected chi connectivity index (χ2v) is 11.0. The van der Waals surface area contributed by atoms with Crippen LogP contribution in [0.25, 0.3) is 0 Å². The van der Waals surface area contributed by atoms with Gasteiger partial charge < -0.3 is 15.0 Å². The highest BCUT2D eigenvalue weighted by Gasteiger charge is 2.33. The summed E-state index contributed by atoms with van der Waals surface area (Å²) in [6.07, 6.45) is 0.340. The summed E-state index contributed by atoms with van der Waals surface area (Å²) in [6, 6.07) is 19.1. The third kappa shape index (κ3) is 6.65. The van der Waals surface area contributed by atoms with Crippen LogP contribution in [0.4, 0.5) is 5.69 Å². The number of aryl methyl sites for hydroxylation is 1. The van der Waals surface area contributed by atoms with Crippen LogP contribution < -0.4 is 14.4 Å². The zero-order valence-corrected chi connectivity index (χ0v) is 23.4. The number of carbonyl (C=O) groups excluding carboxylic acids is 2. The number of hydrogen-bond donors (Lipinski definition) is 1. The predicted molar refractivity (Wildman–Crippen MR) is 149 cm³/mol. The highest BCUT2D eigenvalue weighted by Crippen LogP contribution is 2.29. The van der Waals surface area contributed by atoms with Gasteiger partial charge in [-0.25, -0.2) is 8.42 Å². The molecular weight excluding hydrogens is 526 g/mol. The van der Waals surface area contributed by atoms with Crippen LogP contribution in [0.2, 0.25) is 5.02 Å². The van der Waals surface area contributed by atoms with Gasteiger partial charge in [-0.3, -0.25) is 13.9 Å². The molecule has 0 aliphatic carbocycles. The summed E-state index contributed by atoms with van der Waals surface area (Å²) in [5, 5.41) is 3.06. The van der Waals surface area contributed by atoms with Crippen molar-refractivity contribution in [3.63, 3.8) is 0 Å². The third-order valence-corrected chi connectivity index (χ3v) is 8.19. The van der Waals surface area contributed by atoms with Gasteiger partial charge in [0.2, 0.25) is 11.8 Å². The van der Waals surface area contributed by atoms with Crippen molar-refractivity contribution in [1.29, 1.82) is 0 Å². The highest BCUT2D eigenvalue weighted by molar-refractivity contribution is 7.92. The van der Waals surface area contributed by atoms with Gasteiger partial charge in [-0.15, -0.1) is 0 Å². The van der Waals surface area contributed by atoms with Gasteiger partial charge in [0.1, 0.15) is 18.3 Å². The SMILES string of the molecule is CC[C@@H](C(=O)NC)N(Cc1ccc(OC)cc1)C(=O)CN(c1ccc(Cl)cc1C)S(=O)(=O)c1ccccc1. The van der Waals surface area contributed by atoms with E-state index in [0.29, 0.717) is 28.4 Å². The zero-order valence-electron chi connectivity index (χ0n) is 21.8. The third-order valence-electron chi connectivity index (χ3n) is 6.18. The first-order valence-corrected chi connectivity index (χ1v) is 13.9. The predicted octanol–water partition coefficient (Wildman–Crippen LogP) is 4.41. The van der Waals surface area contributed by atoms with Gasteiger partial charge in [-0.2, -0.15) is 0 Å². The molecule has 10 heteroatoms. The van der Waals surface area contributed by atoms with Gasteiger partial charge >= 0.3 is 0 Å². The first kappa shape index (κ1) is 29.0. The molecule has 0 aromatic heterocycles. The minimum absolute atomic E-state index is 0.0437. The quantitative estimate of drug-likeness (QED) is 0.377.